The lowest BCUT2D eigenvalue weighted by molar-refractivity contribution is 0.645. The lowest BCUT2D eigenvalue weighted by atomic mass is 9.98. The molecule has 21 heavy (non-hydrogen) atoms. The number of hydrogen-bond donors (Lipinski definition) is 2. The van der Waals surface area contributed by atoms with Crippen molar-refractivity contribution in [2.24, 2.45) is 0 Å². The molecule has 0 saturated carbocycles. The highest BCUT2D eigenvalue weighted by Gasteiger charge is 2.17. The van der Waals surface area contributed by atoms with Gasteiger partial charge in [0.25, 0.3) is 0 Å². The van der Waals surface area contributed by atoms with Gasteiger partial charge in [-0.3, -0.25) is 0 Å². The molecule has 4 rings (SSSR count). The lowest BCUT2D eigenvalue weighted by Crippen LogP contribution is -2.07. The predicted molar refractivity (Wildman–Crippen MR) is 83.3 cm³/mol. The molecule has 3 N–H and O–H groups in total. The quantitative estimate of drug-likeness (QED) is 0.561. The molecule has 0 radical (unpaired) electrons. The first-order valence-corrected chi connectivity index (χ1v) is 7.87. The Morgan fingerprint density at radius 2 is 2.05 bits per heavy atom. The van der Waals surface area contributed by atoms with Gasteiger partial charge in [0.05, 0.1) is 11.0 Å². The number of nitrogen functional groups attached to an aromatic ring is 1. The summed E-state index contributed by atoms with van der Waals surface area (Å²) in [4.78, 5) is 16.7. The van der Waals surface area contributed by atoms with Gasteiger partial charge in [-0.2, -0.15) is 0 Å². The van der Waals surface area contributed by atoms with Crippen LogP contribution in [-0.4, -0.2) is 19.9 Å². The highest BCUT2D eigenvalue weighted by molar-refractivity contribution is 7.99. The second kappa shape index (κ2) is 5.04. The van der Waals surface area contributed by atoms with Crippen molar-refractivity contribution >= 4 is 28.5 Å². The van der Waals surface area contributed by atoms with Gasteiger partial charge in [-0.25, -0.2) is 15.0 Å². The number of anilines is 1. The molecule has 0 bridgehead atoms. The van der Waals surface area contributed by atoms with Gasteiger partial charge in [-0.05, 0) is 55.6 Å². The highest BCUT2D eigenvalue weighted by Crippen LogP contribution is 2.32. The summed E-state index contributed by atoms with van der Waals surface area (Å²) in [6, 6.07) is 5.70. The van der Waals surface area contributed by atoms with Gasteiger partial charge in [0.2, 0.25) is 0 Å². The largest absolute Gasteiger partial charge is 0.399 e. The second-order valence-electron chi connectivity index (χ2n) is 5.23. The minimum atomic E-state index is 0.738. The van der Waals surface area contributed by atoms with Crippen molar-refractivity contribution in [3.8, 4) is 0 Å². The van der Waals surface area contributed by atoms with Crippen LogP contribution in [0.5, 0.6) is 0 Å². The van der Waals surface area contributed by atoms with E-state index in [1.807, 2.05) is 18.2 Å². The first-order valence-electron chi connectivity index (χ1n) is 7.05. The van der Waals surface area contributed by atoms with Gasteiger partial charge in [0.15, 0.2) is 5.16 Å². The zero-order valence-corrected chi connectivity index (χ0v) is 12.3. The minimum absolute atomic E-state index is 0.738. The molecule has 1 aliphatic rings. The smallest absolute Gasteiger partial charge is 0.172 e. The monoisotopic (exact) mass is 297 g/mol. The third-order valence-electron chi connectivity index (χ3n) is 3.76. The lowest BCUT2D eigenvalue weighted by Gasteiger charge is -2.16. The molecule has 5 nitrogen and oxygen atoms in total. The average molecular weight is 297 g/mol. The van der Waals surface area contributed by atoms with Crippen LogP contribution in [-0.2, 0) is 12.8 Å². The number of imidazole rings is 1. The van der Waals surface area contributed by atoms with Crippen LogP contribution in [0.4, 0.5) is 5.69 Å². The molecular weight excluding hydrogens is 282 g/mol. The molecule has 0 atom stereocenters. The normalized spacial score (nSPS) is 14.3. The van der Waals surface area contributed by atoms with Crippen LogP contribution in [0, 0.1) is 0 Å². The first-order chi connectivity index (χ1) is 10.3. The van der Waals surface area contributed by atoms with E-state index < -0.39 is 0 Å². The van der Waals surface area contributed by atoms with E-state index in [4.69, 9.17) is 5.73 Å². The molecule has 1 aromatic carbocycles. The summed E-state index contributed by atoms with van der Waals surface area (Å²) in [6.45, 7) is 0. The Morgan fingerprint density at radius 3 is 3.00 bits per heavy atom. The number of rotatable bonds is 2. The Labute approximate surface area is 126 Å². The summed E-state index contributed by atoms with van der Waals surface area (Å²) in [7, 11) is 0. The van der Waals surface area contributed by atoms with Crippen molar-refractivity contribution in [3.05, 3.63) is 35.8 Å². The maximum Gasteiger partial charge on any atom is 0.172 e. The number of nitrogens with two attached hydrogens (primary N) is 1. The number of aryl methyl sites for hydroxylation is 1. The van der Waals surface area contributed by atoms with Crippen molar-refractivity contribution in [2.45, 2.75) is 35.9 Å². The Kier molecular flexibility index (Phi) is 3.03. The minimum Gasteiger partial charge on any atom is -0.399 e. The van der Waals surface area contributed by atoms with E-state index in [1.54, 1.807) is 18.1 Å². The maximum absolute atomic E-state index is 5.80. The van der Waals surface area contributed by atoms with Crippen LogP contribution in [0.1, 0.15) is 24.1 Å². The van der Waals surface area contributed by atoms with Crippen molar-refractivity contribution in [1.29, 1.82) is 0 Å². The molecule has 0 fully saturated rings. The summed E-state index contributed by atoms with van der Waals surface area (Å²) >= 11 is 1.58. The third-order valence-corrected chi connectivity index (χ3v) is 4.69. The Bertz CT molecular complexity index is 811. The summed E-state index contributed by atoms with van der Waals surface area (Å²) in [5.41, 5.74) is 10.9. The predicted octanol–water partition coefficient (Wildman–Crippen LogP) is 2.97. The van der Waals surface area contributed by atoms with E-state index in [1.165, 1.54) is 24.1 Å². The molecule has 0 unspecified atom stereocenters. The average Bonchev–Trinajstić information content (AvgIpc) is 2.89. The van der Waals surface area contributed by atoms with Gasteiger partial charge in [-0.15, -0.1) is 0 Å². The van der Waals surface area contributed by atoms with Crippen LogP contribution < -0.4 is 5.73 Å². The zero-order valence-electron chi connectivity index (χ0n) is 11.5. The summed E-state index contributed by atoms with van der Waals surface area (Å²) < 4.78 is 0. The molecule has 1 aliphatic carbocycles. The number of fused-ring (bicyclic) bond motifs is 2. The van der Waals surface area contributed by atoms with Gasteiger partial charge in [-0.1, -0.05) is 0 Å². The fourth-order valence-corrected chi connectivity index (χ4v) is 3.65. The summed E-state index contributed by atoms with van der Waals surface area (Å²) in [5, 5.41) is 1.87. The van der Waals surface area contributed by atoms with E-state index in [2.05, 4.69) is 19.9 Å². The molecule has 2 aromatic heterocycles. The zero-order chi connectivity index (χ0) is 14.2. The van der Waals surface area contributed by atoms with Crippen LogP contribution in [0.25, 0.3) is 11.0 Å². The summed E-state index contributed by atoms with van der Waals surface area (Å²) in [6.07, 6.45) is 6.21. The van der Waals surface area contributed by atoms with E-state index in [-0.39, 0.29) is 0 Å². The van der Waals surface area contributed by atoms with Crippen molar-refractivity contribution in [1.82, 2.24) is 19.9 Å². The fourth-order valence-electron chi connectivity index (χ4n) is 2.72. The molecule has 6 heteroatoms. The number of aromatic amines is 1. The number of nitrogens with one attached hydrogen (secondary N) is 1. The Balaban J connectivity index is 1.71. The number of aromatic nitrogens is 4. The van der Waals surface area contributed by atoms with E-state index in [0.717, 1.165) is 39.7 Å². The molecule has 2 heterocycles. The van der Waals surface area contributed by atoms with Gasteiger partial charge < -0.3 is 10.7 Å². The highest BCUT2D eigenvalue weighted by atomic mass is 32.2. The third kappa shape index (κ3) is 2.35. The van der Waals surface area contributed by atoms with E-state index in [0.29, 0.717) is 0 Å². The van der Waals surface area contributed by atoms with Crippen LogP contribution in [0.3, 0.4) is 0 Å². The maximum atomic E-state index is 5.80. The SMILES string of the molecule is Nc1ccc2nc(Sc3ncnc4c3CCCC4)[nH]c2c1. The van der Waals surface area contributed by atoms with Crippen LogP contribution in [0.15, 0.2) is 34.7 Å². The Hall–Kier alpha value is -2.08. The topological polar surface area (TPSA) is 80.5 Å². The molecule has 3 aromatic rings. The van der Waals surface area contributed by atoms with Crippen molar-refractivity contribution in [3.63, 3.8) is 0 Å². The standard InChI is InChI=1S/C15H15N5S/c16-9-5-6-12-13(7-9)20-15(19-12)21-14-10-3-1-2-4-11(10)17-8-18-14/h5-8H,1-4,16H2,(H,19,20). The Morgan fingerprint density at radius 1 is 1.14 bits per heavy atom. The molecular formula is C15H15N5S. The molecule has 106 valence electrons. The molecule has 0 amide bonds. The van der Waals surface area contributed by atoms with Crippen molar-refractivity contribution < 1.29 is 0 Å². The first kappa shape index (κ1) is 12.6. The number of H-pyrrole nitrogens is 1. The second-order valence-corrected chi connectivity index (χ2v) is 6.21. The fraction of sp³-hybridized carbons (Fsp3) is 0.267. The van der Waals surface area contributed by atoms with Gasteiger partial charge in [0, 0.05) is 16.9 Å². The van der Waals surface area contributed by atoms with Crippen molar-refractivity contribution in [2.75, 3.05) is 5.73 Å². The number of nitrogens with zero attached hydrogens (tertiary/aromatic N) is 3. The molecule has 0 saturated heterocycles. The van der Waals surface area contributed by atoms with Gasteiger partial charge in [0.1, 0.15) is 11.4 Å². The van der Waals surface area contributed by atoms with Crippen LogP contribution >= 0.6 is 11.8 Å². The molecule has 0 aliphatic heterocycles. The number of benzene rings is 1. The number of hydrogen-bond acceptors (Lipinski definition) is 5. The summed E-state index contributed by atoms with van der Waals surface area (Å²) in [5.74, 6) is 0. The van der Waals surface area contributed by atoms with Crippen LogP contribution in [0.2, 0.25) is 0 Å². The van der Waals surface area contributed by atoms with E-state index in [9.17, 15) is 0 Å². The molecule has 0 spiro atoms. The van der Waals surface area contributed by atoms with Gasteiger partial charge >= 0.3 is 0 Å². The van der Waals surface area contributed by atoms with E-state index >= 15 is 0 Å².